The lowest BCUT2D eigenvalue weighted by Gasteiger charge is -2.07. The minimum absolute atomic E-state index is 0.152. The molecule has 0 atom stereocenters. The van der Waals surface area contributed by atoms with Crippen molar-refractivity contribution in [2.75, 3.05) is 12.8 Å². The number of alkyl halides is 2. The Morgan fingerprint density at radius 1 is 1.67 bits per heavy atom. The second-order valence-electron chi connectivity index (χ2n) is 2.58. The van der Waals surface area contributed by atoms with E-state index in [1.165, 1.54) is 0 Å². The van der Waals surface area contributed by atoms with Crippen molar-refractivity contribution in [1.82, 2.24) is 4.98 Å². The van der Waals surface area contributed by atoms with Crippen LogP contribution in [0.1, 0.15) is 22.6 Å². The number of nitrogen functional groups attached to an aromatic ring is 1. The van der Waals surface area contributed by atoms with E-state index in [4.69, 9.17) is 17.3 Å². The van der Waals surface area contributed by atoms with Crippen molar-refractivity contribution in [3.8, 4) is 0 Å². The number of hydrogen-bond acceptors (Lipinski definition) is 4. The summed E-state index contributed by atoms with van der Waals surface area (Å²) in [6.45, 7) is 0. The van der Waals surface area contributed by atoms with E-state index >= 15 is 0 Å². The minimum Gasteiger partial charge on any atom is -0.464 e. The number of carbonyl (C=O) groups is 1. The number of rotatable bonds is 2. The first-order valence-corrected chi connectivity index (χ1v) is 4.17. The van der Waals surface area contributed by atoms with Gasteiger partial charge < -0.3 is 10.5 Å². The maximum absolute atomic E-state index is 12.4. The quantitative estimate of drug-likeness (QED) is 0.798. The van der Waals surface area contributed by atoms with Crippen molar-refractivity contribution in [2.24, 2.45) is 0 Å². The Morgan fingerprint density at radius 3 is 2.73 bits per heavy atom. The van der Waals surface area contributed by atoms with Gasteiger partial charge in [-0.2, -0.15) is 0 Å². The normalized spacial score (nSPS) is 10.5. The van der Waals surface area contributed by atoms with Gasteiger partial charge in [-0.1, -0.05) is 11.6 Å². The molecule has 7 heteroatoms. The van der Waals surface area contributed by atoms with Crippen molar-refractivity contribution in [3.63, 3.8) is 0 Å². The maximum Gasteiger partial charge on any atom is 0.356 e. The largest absolute Gasteiger partial charge is 0.464 e. The zero-order chi connectivity index (χ0) is 11.6. The van der Waals surface area contributed by atoms with E-state index in [0.29, 0.717) is 0 Å². The molecule has 0 saturated heterocycles. The molecule has 0 saturated carbocycles. The zero-order valence-corrected chi connectivity index (χ0v) is 8.39. The summed E-state index contributed by atoms with van der Waals surface area (Å²) in [7, 11) is 1.11. The number of nitrogens with two attached hydrogens (primary N) is 1. The fraction of sp³-hybridized carbons (Fsp3) is 0.250. The van der Waals surface area contributed by atoms with Crippen molar-refractivity contribution in [1.29, 1.82) is 0 Å². The van der Waals surface area contributed by atoms with Crippen LogP contribution in [-0.2, 0) is 4.74 Å². The first-order chi connectivity index (χ1) is 6.97. The number of nitrogens with zero attached hydrogens (tertiary/aromatic N) is 1. The van der Waals surface area contributed by atoms with Gasteiger partial charge in [-0.3, -0.25) is 0 Å². The van der Waals surface area contributed by atoms with E-state index in [1.807, 2.05) is 0 Å². The molecule has 0 radical (unpaired) electrons. The molecule has 0 bridgehead atoms. The molecule has 0 aromatic carbocycles. The Balaban J connectivity index is 3.29. The molecule has 4 nitrogen and oxygen atoms in total. The fourth-order valence-corrected chi connectivity index (χ4v) is 1.12. The standard InChI is InChI=1S/C8H7ClF2N2O2/c1-15-8(14)4-2-3(9)5(12)6(13-4)7(10)11/h2,7H,12H2,1H3. The number of hydrogen-bond donors (Lipinski definition) is 1. The highest BCUT2D eigenvalue weighted by atomic mass is 35.5. The summed E-state index contributed by atoms with van der Waals surface area (Å²) in [5.74, 6) is -0.848. The predicted octanol–water partition coefficient (Wildman–Crippen LogP) is 2.04. The van der Waals surface area contributed by atoms with Crippen LogP contribution in [0.5, 0.6) is 0 Å². The number of methoxy groups -OCH3 is 1. The summed E-state index contributed by atoms with van der Waals surface area (Å²) in [6.07, 6.45) is -2.90. The second kappa shape index (κ2) is 4.39. The van der Waals surface area contributed by atoms with Crippen LogP contribution in [0.3, 0.4) is 0 Å². The summed E-state index contributed by atoms with van der Waals surface area (Å²) < 4.78 is 29.1. The van der Waals surface area contributed by atoms with E-state index in [2.05, 4.69) is 9.72 Å². The van der Waals surface area contributed by atoms with Crippen LogP contribution in [0, 0.1) is 0 Å². The first-order valence-electron chi connectivity index (χ1n) is 3.79. The highest BCUT2D eigenvalue weighted by Gasteiger charge is 2.20. The maximum atomic E-state index is 12.4. The molecule has 0 amide bonds. The van der Waals surface area contributed by atoms with Crippen molar-refractivity contribution >= 4 is 23.3 Å². The third-order valence-electron chi connectivity index (χ3n) is 1.64. The highest BCUT2D eigenvalue weighted by molar-refractivity contribution is 6.33. The lowest BCUT2D eigenvalue weighted by atomic mass is 10.2. The molecule has 15 heavy (non-hydrogen) atoms. The van der Waals surface area contributed by atoms with Gasteiger partial charge in [-0.25, -0.2) is 18.6 Å². The van der Waals surface area contributed by atoms with E-state index in [-0.39, 0.29) is 16.4 Å². The van der Waals surface area contributed by atoms with Crippen molar-refractivity contribution in [3.05, 3.63) is 22.5 Å². The van der Waals surface area contributed by atoms with Gasteiger partial charge >= 0.3 is 5.97 Å². The molecule has 0 fully saturated rings. The van der Waals surface area contributed by atoms with E-state index in [1.54, 1.807) is 0 Å². The summed E-state index contributed by atoms with van der Waals surface area (Å²) in [5.41, 5.74) is 3.91. The number of ether oxygens (including phenoxy) is 1. The predicted molar refractivity (Wildman–Crippen MR) is 50.0 cm³/mol. The average molecular weight is 237 g/mol. The fourth-order valence-electron chi connectivity index (χ4n) is 0.918. The van der Waals surface area contributed by atoms with Crippen LogP contribution in [0.15, 0.2) is 6.07 Å². The number of pyridine rings is 1. The van der Waals surface area contributed by atoms with Gasteiger partial charge in [-0.05, 0) is 6.07 Å². The van der Waals surface area contributed by atoms with Gasteiger partial charge in [0, 0.05) is 0 Å². The molecule has 0 aliphatic heterocycles. The Hall–Kier alpha value is -1.43. The Morgan fingerprint density at radius 2 is 2.27 bits per heavy atom. The smallest absolute Gasteiger partial charge is 0.356 e. The molecular formula is C8H7ClF2N2O2. The lowest BCUT2D eigenvalue weighted by Crippen LogP contribution is -2.09. The molecule has 1 aromatic rings. The van der Waals surface area contributed by atoms with Gasteiger partial charge in [0.25, 0.3) is 6.43 Å². The van der Waals surface area contributed by atoms with Crippen LogP contribution in [-0.4, -0.2) is 18.1 Å². The monoisotopic (exact) mass is 236 g/mol. The molecule has 0 spiro atoms. The van der Waals surface area contributed by atoms with Gasteiger partial charge in [0.15, 0.2) is 5.69 Å². The van der Waals surface area contributed by atoms with Gasteiger partial charge in [0.05, 0.1) is 17.8 Å². The second-order valence-corrected chi connectivity index (χ2v) is 2.99. The van der Waals surface area contributed by atoms with Crippen LogP contribution in [0.4, 0.5) is 14.5 Å². The number of halogens is 3. The van der Waals surface area contributed by atoms with Crippen LogP contribution < -0.4 is 5.73 Å². The summed E-state index contributed by atoms with van der Waals surface area (Å²) in [5, 5.41) is -0.152. The molecule has 1 heterocycles. The van der Waals surface area contributed by atoms with E-state index < -0.39 is 18.1 Å². The summed E-state index contributed by atoms with van der Waals surface area (Å²) in [6, 6.07) is 1.08. The molecule has 2 N–H and O–H groups in total. The van der Waals surface area contributed by atoms with Gasteiger partial charge in [0.2, 0.25) is 0 Å². The zero-order valence-electron chi connectivity index (χ0n) is 7.63. The molecule has 1 aromatic heterocycles. The van der Waals surface area contributed by atoms with Crippen LogP contribution in [0.2, 0.25) is 5.02 Å². The third kappa shape index (κ3) is 2.33. The molecule has 0 aliphatic rings. The molecule has 0 aliphatic carbocycles. The molecule has 0 unspecified atom stereocenters. The number of aromatic nitrogens is 1. The number of carbonyl (C=O) groups excluding carboxylic acids is 1. The Kier molecular flexibility index (Phi) is 3.41. The Labute approximate surface area is 89.0 Å². The third-order valence-corrected chi connectivity index (χ3v) is 1.95. The van der Waals surface area contributed by atoms with Crippen molar-refractivity contribution < 1.29 is 18.3 Å². The SMILES string of the molecule is COC(=O)c1cc(Cl)c(N)c(C(F)F)n1. The van der Waals surface area contributed by atoms with Gasteiger partial charge in [-0.15, -0.1) is 0 Å². The number of anilines is 1. The molecule has 82 valence electrons. The summed E-state index contributed by atoms with van der Waals surface area (Å²) in [4.78, 5) is 14.4. The van der Waals surface area contributed by atoms with E-state index in [0.717, 1.165) is 13.2 Å². The van der Waals surface area contributed by atoms with Gasteiger partial charge in [0.1, 0.15) is 5.69 Å². The topological polar surface area (TPSA) is 65.2 Å². The van der Waals surface area contributed by atoms with Crippen LogP contribution >= 0.6 is 11.6 Å². The lowest BCUT2D eigenvalue weighted by molar-refractivity contribution is 0.0592. The number of esters is 1. The van der Waals surface area contributed by atoms with E-state index in [9.17, 15) is 13.6 Å². The Bertz CT molecular complexity index is 398. The molecular weight excluding hydrogens is 230 g/mol. The van der Waals surface area contributed by atoms with Crippen molar-refractivity contribution in [2.45, 2.75) is 6.43 Å². The highest BCUT2D eigenvalue weighted by Crippen LogP contribution is 2.29. The minimum atomic E-state index is -2.90. The first kappa shape index (κ1) is 11.6. The average Bonchev–Trinajstić information content (AvgIpc) is 2.20. The van der Waals surface area contributed by atoms with Crippen LogP contribution in [0.25, 0.3) is 0 Å². The molecule has 1 rings (SSSR count). The summed E-state index contributed by atoms with van der Waals surface area (Å²) >= 11 is 5.56.